The summed E-state index contributed by atoms with van der Waals surface area (Å²) in [5.74, 6) is -2.49. The molecule has 172 valence electrons. The van der Waals surface area contributed by atoms with Crippen LogP contribution in [-0.4, -0.2) is 49.0 Å². The molecule has 1 atom stereocenters. The number of aliphatic hydroxyl groups excluding tert-OH is 1. The van der Waals surface area contributed by atoms with Crippen molar-refractivity contribution in [1.82, 2.24) is 4.98 Å². The highest BCUT2D eigenvalue weighted by molar-refractivity contribution is 6.51. The van der Waals surface area contributed by atoms with Crippen LogP contribution < -0.4 is 9.80 Å². The molecule has 0 bridgehead atoms. The van der Waals surface area contributed by atoms with Crippen molar-refractivity contribution in [3.05, 3.63) is 95.3 Å². The van der Waals surface area contributed by atoms with Crippen LogP contribution in [0.2, 0.25) is 0 Å². The molecule has 1 fully saturated rings. The number of carbonyl (C=O) groups is 3. The lowest BCUT2D eigenvalue weighted by Crippen LogP contribution is -2.29. The molecule has 3 aromatic rings. The number of anilines is 2. The number of hydrogen-bond donors (Lipinski definition) is 1. The van der Waals surface area contributed by atoms with Gasteiger partial charge < -0.3 is 14.7 Å². The first-order valence-electron chi connectivity index (χ1n) is 10.5. The van der Waals surface area contributed by atoms with Crippen LogP contribution in [0.5, 0.6) is 0 Å². The van der Waals surface area contributed by atoms with Crippen LogP contribution in [0.4, 0.5) is 11.4 Å². The van der Waals surface area contributed by atoms with Gasteiger partial charge in [-0.3, -0.25) is 19.5 Å². The van der Waals surface area contributed by atoms with Gasteiger partial charge in [0.1, 0.15) is 5.76 Å². The van der Waals surface area contributed by atoms with Gasteiger partial charge in [-0.15, -0.1) is 0 Å². The third-order valence-electron chi connectivity index (χ3n) is 5.67. The first-order chi connectivity index (χ1) is 16.3. The SMILES string of the molecule is COC(=O)c1cccc(N2C(=O)C(=O)/C(=C(/O)c3ccncc3)C2c2ccc(N(C)C)cc2)c1. The summed E-state index contributed by atoms with van der Waals surface area (Å²) in [4.78, 5) is 45.7. The van der Waals surface area contributed by atoms with Crippen molar-refractivity contribution >= 4 is 34.8 Å². The molecule has 2 aromatic carbocycles. The molecule has 1 aliphatic heterocycles. The molecule has 2 heterocycles. The molecular weight excluding hydrogens is 434 g/mol. The highest BCUT2D eigenvalue weighted by atomic mass is 16.5. The number of ether oxygens (including phenoxy) is 1. The Morgan fingerprint density at radius 2 is 1.68 bits per heavy atom. The van der Waals surface area contributed by atoms with Crippen molar-refractivity contribution in [3.63, 3.8) is 0 Å². The van der Waals surface area contributed by atoms with Gasteiger partial charge in [0.15, 0.2) is 0 Å². The van der Waals surface area contributed by atoms with Crippen LogP contribution in [0.3, 0.4) is 0 Å². The van der Waals surface area contributed by atoms with E-state index in [-0.39, 0.29) is 16.9 Å². The van der Waals surface area contributed by atoms with E-state index in [9.17, 15) is 19.5 Å². The molecule has 1 saturated heterocycles. The number of pyridine rings is 1. The Hall–Kier alpha value is -4.46. The van der Waals surface area contributed by atoms with Gasteiger partial charge in [0, 0.05) is 43.4 Å². The lowest BCUT2D eigenvalue weighted by atomic mass is 9.95. The molecule has 0 aliphatic carbocycles. The predicted molar refractivity (Wildman–Crippen MR) is 128 cm³/mol. The van der Waals surface area contributed by atoms with E-state index in [0.29, 0.717) is 16.8 Å². The third kappa shape index (κ3) is 4.01. The number of ketones is 1. The fourth-order valence-corrected chi connectivity index (χ4v) is 3.93. The molecule has 4 rings (SSSR count). The van der Waals surface area contributed by atoms with Crippen molar-refractivity contribution in [2.24, 2.45) is 0 Å². The first-order valence-corrected chi connectivity index (χ1v) is 10.5. The highest BCUT2D eigenvalue weighted by Crippen LogP contribution is 2.42. The lowest BCUT2D eigenvalue weighted by molar-refractivity contribution is -0.132. The maximum absolute atomic E-state index is 13.3. The van der Waals surface area contributed by atoms with Crippen molar-refractivity contribution in [1.29, 1.82) is 0 Å². The topological polar surface area (TPSA) is 100 Å². The lowest BCUT2D eigenvalue weighted by Gasteiger charge is -2.26. The van der Waals surface area contributed by atoms with Crippen molar-refractivity contribution < 1.29 is 24.2 Å². The summed E-state index contributed by atoms with van der Waals surface area (Å²) in [7, 11) is 5.08. The largest absolute Gasteiger partial charge is 0.507 e. The molecule has 1 unspecified atom stereocenters. The van der Waals surface area contributed by atoms with Crippen molar-refractivity contribution in [2.75, 3.05) is 31.0 Å². The van der Waals surface area contributed by atoms with Crippen LogP contribution in [0, 0.1) is 0 Å². The maximum atomic E-state index is 13.3. The summed E-state index contributed by atoms with van der Waals surface area (Å²) < 4.78 is 4.80. The van der Waals surface area contributed by atoms with E-state index >= 15 is 0 Å². The minimum Gasteiger partial charge on any atom is -0.507 e. The minimum atomic E-state index is -0.905. The zero-order valence-corrected chi connectivity index (χ0v) is 18.9. The normalized spacial score (nSPS) is 17.0. The highest BCUT2D eigenvalue weighted by Gasteiger charge is 2.47. The van der Waals surface area contributed by atoms with Gasteiger partial charge >= 0.3 is 5.97 Å². The number of aliphatic hydroxyl groups is 1. The van der Waals surface area contributed by atoms with Gasteiger partial charge in [-0.05, 0) is 48.0 Å². The van der Waals surface area contributed by atoms with Crippen LogP contribution >= 0.6 is 0 Å². The molecule has 1 amide bonds. The van der Waals surface area contributed by atoms with Crippen LogP contribution in [0.1, 0.15) is 27.5 Å². The fourth-order valence-electron chi connectivity index (χ4n) is 3.93. The molecule has 1 aliphatic rings. The predicted octanol–water partition coefficient (Wildman–Crippen LogP) is 3.56. The maximum Gasteiger partial charge on any atom is 0.337 e. The number of esters is 1. The molecule has 8 heteroatoms. The molecular formula is C26H23N3O5. The zero-order chi connectivity index (χ0) is 24.4. The summed E-state index contributed by atoms with van der Waals surface area (Å²) in [6, 6.07) is 15.9. The molecule has 34 heavy (non-hydrogen) atoms. The van der Waals surface area contributed by atoms with Gasteiger partial charge in [-0.1, -0.05) is 18.2 Å². The number of rotatable bonds is 5. The molecule has 8 nitrogen and oxygen atoms in total. The van der Waals surface area contributed by atoms with Gasteiger partial charge in [0.2, 0.25) is 0 Å². The second-order valence-corrected chi connectivity index (χ2v) is 7.93. The van der Waals surface area contributed by atoms with Crippen LogP contribution in [0.15, 0.2) is 78.6 Å². The monoisotopic (exact) mass is 457 g/mol. The number of aromatic nitrogens is 1. The van der Waals surface area contributed by atoms with Crippen LogP contribution in [-0.2, 0) is 14.3 Å². The molecule has 0 radical (unpaired) electrons. The van der Waals surface area contributed by atoms with Crippen molar-refractivity contribution in [3.8, 4) is 0 Å². The first kappa shape index (κ1) is 22.7. The second-order valence-electron chi connectivity index (χ2n) is 7.93. The Balaban J connectivity index is 1.92. The Labute approximate surface area is 196 Å². The number of methoxy groups -OCH3 is 1. The van der Waals surface area contributed by atoms with E-state index in [0.717, 1.165) is 5.69 Å². The van der Waals surface area contributed by atoms with Crippen LogP contribution in [0.25, 0.3) is 5.76 Å². The second kappa shape index (κ2) is 9.19. The van der Waals surface area contributed by atoms with E-state index < -0.39 is 23.7 Å². The average molecular weight is 457 g/mol. The molecule has 0 spiro atoms. The van der Waals surface area contributed by atoms with Gasteiger partial charge in [-0.25, -0.2) is 4.79 Å². The third-order valence-corrected chi connectivity index (χ3v) is 5.67. The van der Waals surface area contributed by atoms with Gasteiger partial charge in [0.25, 0.3) is 11.7 Å². The number of amides is 1. The van der Waals surface area contributed by atoms with Crippen molar-refractivity contribution in [2.45, 2.75) is 6.04 Å². The minimum absolute atomic E-state index is 0.0442. The summed E-state index contributed by atoms with van der Waals surface area (Å²) in [6.07, 6.45) is 2.98. The van der Waals surface area contributed by atoms with E-state index in [1.165, 1.54) is 30.5 Å². The Morgan fingerprint density at radius 1 is 1.00 bits per heavy atom. The fraction of sp³-hybridized carbons (Fsp3) is 0.154. The Morgan fingerprint density at radius 3 is 2.29 bits per heavy atom. The van der Waals surface area contributed by atoms with E-state index in [2.05, 4.69) is 4.98 Å². The summed E-state index contributed by atoms with van der Waals surface area (Å²) in [5.41, 5.74) is 2.45. The van der Waals surface area contributed by atoms with E-state index in [1.807, 2.05) is 43.3 Å². The molecule has 0 saturated carbocycles. The molecule has 1 N–H and O–H groups in total. The molecule has 1 aromatic heterocycles. The number of benzene rings is 2. The van der Waals surface area contributed by atoms with E-state index in [1.54, 1.807) is 30.3 Å². The number of Topliss-reactive ketones (excluding diaryl/α,β-unsaturated/α-hetero) is 1. The Bertz CT molecular complexity index is 1280. The number of carbonyl (C=O) groups excluding carboxylic acids is 3. The van der Waals surface area contributed by atoms with E-state index in [4.69, 9.17) is 4.74 Å². The Kier molecular flexibility index (Phi) is 6.14. The van der Waals surface area contributed by atoms with Gasteiger partial charge in [-0.2, -0.15) is 0 Å². The standard InChI is InChI=1S/C26H23N3O5/c1-28(2)19-9-7-16(8-10-19)22-21(23(30)17-11-13-27-14-12-17)24(31)25(32)29(22)20-6-4-5-18(15-20)26(33)34-3/h4-15,22,30H,1-3H3/b23-21+. The zero-order valence-electron chi connectivity index (χ0n) is 18.9. The average Bonchev–Trinajstić information content (AvgIpc) is 3.14. The quantitative estimate of drug-likeness (QED) is 0.271. The summed E-state index contributed by atoms with van der Waals surface area (Å²) in [6.45, 7) is 0. The summed E-state index contributed by atoms with van der Waals surface area (Å²) in [5, 5.41) is 11.1. The smallest absolute Gasteiger partial charge is 0.337 e. The number of nitrogens with zero attached hydrogens (tertiary/aromatic N) is 3. The van der Waals surface area contributed by atoms with Gasteiger partial charge in [0.05, 0.1) is 24.3 Å². The number of hydrogen-bond acceptors (Lipinski definition) is 7. The summed E-state index contributed by atoms with van der Waals surface area (Å²) >= 11 is 0.